The Bertz CT molecular complexity index is 2910. The number of piperidine rings is 2. The minimum atomic E-state index is -4.12. The zero-order valence-electron chi connectivity index (χ0n) is 44.2. The number of rotatable bonds is 16. The number of carbonyl (C=O) groups is 3. The predicted molar refractivity (Wildman–Crippen MR) is 280 cm³/mol. The Kier molecular flexibility index (Phi) is 20.1. The van der Waals surface area contributed by atoms with Crippen LogP contribution in [0.2, 0.25) is 10.0 Å². The van der Waals surface area contributed by atoms with E-state index in [-0.39, 0.29) is 66.1 Å². The first-order chi connectivity index (χ1) is 34.9. The van der Waals surface area contributed by atoms with Gasteiger partial charge < -0.3 is 39.4 Å². The van der Waals surface area contributed by atoms with Crippen LogP contribution in [-0.2, 0) is 52.2 Å². The van der Waals surface area contributed by atoms with Crippen molar-refractivity contribution in [1.82, 2.24) is 37.6 Å². The molecule has 21 nitrogen and oxygen atoms in total. The largest absolute Gasteiger partial charge is 0.444 e. The third-order valence-electron chi connectivity index (χ3n) is 11.7. The van der Waals surface area contributed by atoms with E-state index < -0.39 is 61.7 Å². The molecule has 2 atom stereocenters. The van der Waals surface area contributed by atoms with E-state index in [1.54, 1.807) is 46.4 Å². The molecule has 27 heteroatoms. The van der Waals surface area contributed by atoms with Crippen LogP contribution < -0.4 is 20.4 Å². The van der Waals surface area contributed by atoms with Gasteiger partial charge in [-0.1, -0.05) is 23.2 Å². The summed E-state index contributed by atoms with van der Waals surface area (Å²) >= 11 is 12.7. The van der Waals surface area contributed by atoms with Gasteiger partial charge in [-0.05, 0) is 115 Å². The molecule has 6 rings (SSSR count). The highest BCUT2D eigenvalue weighted by molar-refractivity contribution is 7.87. The van der Waals surface area contributed by atoms with Crippen LogP contribution >= 0.6 is 23.2 Å². The molecule has 0 unspecified atom stereocenters. The van der Waals surface area contributed by atoms with Crippen molar-refractivity contribution >= 4 is 73.7 Å². The first-order valence-corrected chi connectivity index (χ1v) is 27.4. The summed E-state index contributed by atoms with van der Waals surface area (Å²) in [5.74, 6) is -0.576. The number of amides is 2. The number of benzene rings is 2. The molecule has 0 saturated carbocycles. The number of ether oxygens (including phenoxy) is 4. The van der Waals surface area contributed by atoms with E-state index in [1.807, 2.05) is 4.90 Å². The molecule has 2 aromatic carbocycles. The molecule has 2 saturated heterocycles. The van der Waals surface area contributed by atoms with Crippen LogP contribution in [0.1, 0.15) is 112 Å². The Labute approximate surface area is 448 Å². The number of nitrogens with one attached hydrogen (secondary N) is 2. The highest BCUT2D eigenvalue weighted by Crippen LogP contribution is 2.37. The Morgan fingerprint density at radius 2 is 1.12 bits per heavy atom. The second kappa shape index (κ2) is 24.9. The fraction of sp³-hybridized carbons (Fsp3) is 0.562. The van der Waals surface area contributed by atoms with Crippen molar-refractivity contribution in [2.24, 2.45) is 0 Å². The molecule has 2 aromatic heterocycles. The van der Waals surface area contributed by atoms with Gasteiger partial charge in [-0.25, -0.2) is 18.4 Å². The van der Waals surface area contributed by atoms with E-state index in [0.717, 1.165) is 16.8 Å². The average Bonchev–Trinajstić information content (AvgIpc) is 3.87. The molecule has 2 N–H and O–H groups in total. The number of nitrogens with zero attached hydrogens (tertiary/aromatic N) is 8. The van der Waals surface area contributed by atoms with Gasteiger partial charge in [0.1, 0.15) is 45.9 Å². The lowest BCUT2D eigenvalue weighted by molar-refractivity contribution is -0.109. The van der Waals surface area contributed by atoms with Crippen molar-refractivity contribution in [2.75, 3.05) is 78.4 Å². The van der Waals surface area contributed by atoms with E-state index in [4.69, 9.17) is 42.1 Å². The SMILES string of the molecule is CN(C)S(=O)(=O)n1nc(C=O)c(Cc2cc(F)ccc2Cl)c1N1CCC[C@@H](NC(=O)OC(C)(C)C)C1.COC(OC)c1nn(S(=O)(=O)N(C)C)c(N2CCC[C@@H](NC(=O)OC(C)(C)C)C2)c1Cc1cc(F)ccc1Cl. The van der Waals surface area contributed by atoms with E-state index >= 15 is 0 Å². The standard InChI is InChI=1S/C25H37ClFN5O6S.C23H31ClFN5O5S/c1-25(2,3)38-24(33)28-18-9-8-12-31(15-18)22-19(14-16-13-17(27)10-11-20(16)26)21(23(36-6)37-7)29-32(22)39(34,35)30(4)5;1-23(2,3)35-22(32)26-17-7-6-10-29(13-17)21-18(12-15-11-16(25)8-9-19(15)24)20(14-31)27-30(21)36(33,34)28(4)5/h10-11,13,18,23H,8-9,12,14-15H2,1-7H3,(H,28,33);8-9,11,14,17H,6-7,10,12-13H2,1-5H3,(H,26,32)/t18-;17-/m11/s1. The number of anilines is 2. The number of methoxy groups -OCH3 is 2. The molecule has 0 radical (unpaired) electrons. The summed E-state index contributed by atoms with van der Waals surface area (Å²) in [6.45, 7) is 12.1. The smallest absolute Gasteiger partial charge is 0.407 e. The van der Waals surface area contributed by atoms with Gasteiger partial charge in [0.05, 0.1) is 0 Å². The zero-order chi connectivity index (χ0) is 56.0. The molecule has 75 heavy (non-hydrogen) atoms. The second-order valence-electron chi connectivity index (χ2n) is 20.3. The topological polar surface area (TPSA) is 229 Å². The average molecular weight is 1130 g/mol. The summed E-state index contributed by atoms with van der Waals surface area (Å²) in [5, 5.41) is 14.8. The number of carbonyl (C=O) groups excluding carboxylic acids is 3. The van der Waals surface area contributed by atoms with E-state index in [1.165, 1.54) is 78.8 Å². The van der Waals surface area contributed by atoms with Gasteiger partial charge in [0, 0.05) is 115 Å². The lowest BCUT2D eigenvalue weighted by Crippen LogP contribution is -2.50. The summed E-state index contributed by atoms with van der Waals surface area (Å²) in [6.07, 6.45) is 0.943. The molecule has 2 aliphatic heterocycles. The number of halogens is 4. The predicted octanol–water partition coefficient (Wildman–Crippen LogP) is 6.93. The van der Waals surface area contributed by atoms with Gasteiger partial charge in [-0.15, -0.1) is 8.17 Å². The first kappa shape index (κ1) is 60.7. The molecule has 0 spiro atoms. The molecule has 0 bridgehead atoms. The van der Waals surface area contributed by atoms with Crippen LogP contribution in [0.3, 0.4) is 0 Å². The van der Waals surface area contributed by atoms with Crippen LogP contribution in [-0.4, -0.2) is 154 Å². The van der Waals surface area contributed by atoms with Crippen molar-refractivity contribution < 1.29 is 58.9 Å². The number of hydrogen-bond acceptors (Lipinski definition) is 15. The van der Waals surface area contributed by atoms with Gasteiger partial charge in [-0.3, -0.25) is 4.79 Å². The number of hydrogen-bond donors (Lipinski definition) is 2. The number of alkyl carbamates (subject to hydrolysis) is 2. The molecule has 2 amide bonds. The summed E-state index contributed by atoms with van der Waals surface area (Å²) in [5.41, 5.74) is 0.322. The quantitative estimate of drug-likeness (QED) is 0.0856. The lowest BCUT2D eigenvalue weighted by atomic mass is 10.0. The molecule has 416 valence electrons. The van der Waals surface area contributed by atoms with Crippen molar-refractivity contribution in [2.45, 2.75) is 110 Å². The molecular weight excluding hydrogens is 1070 g/mol. The highest BCUT2D eigenvalue weighted by Gasteiger charge is 2.37. The normalized spacial score (nSPS) is 16.7. The second-order valence-corrected chi connectivity index (χ2v) is 25.0. The Morgan fingerprint density at radius 3 is 1.51 bits per heavy atom. The van der Waals surface area contributed by atoms with Crippen molar-refractivity contribution in [3.8, 4) is 0 Å². The first-order valence-electron chi connectivity index (χ1n) is 23.9. The number of aromatic nitrogens is 4. The molecule has 4 aromatic rings. The monoisotopic (exact) mass is 1130 g/mol. The van der Waals surface area contributed by atoms with E-state index in [9.17, 15) is 40.0 Å². The molecule has 2 aliphatic rings. The maximum atomic E-state index is 14.2. The van der Waals surface area contributed by atoms with Crippen molar-refractivity contribution in [3.63, 3.8) is 0 Å². The minimum Gasteiger partial charge on any atom is -0.444 e. The summed E-state index contributed by atoms with van der Waals surface area (Å²) in [6, 6.07) is 7.17. The van der Waals surface area contributed by atoms with Crippen LogP contribution in [0.25, 0.3) is 0 Å². The van der Waals surface area contributed by atoms with Crippen molar-refractivity contribution in [3.05, 3.63) is 91.7 Å². The third-order valence-corrected chi connectivity index (χ3v) is 15.6. The minimum absolute atomic E-state index is 0.0242. The lowest BCUT2D eigenvalue weighted by Gasteiger charge is -2.35. The van der Waals surface area contributed by atoms with E-state index in [2.05, 4.69) is 20.8 Å². The Morgan fingerprint density at radius 1 is 0.720 bits per heavy atom. The summed E-state index contributed by atoms with van der Waals surface area (Å²) in [4.78, 5) is 40.4. The van der Waals surface area contributed by atoms with Crippen LogP contribution in [0.15, 0.2) is 36.4 Å². The summed E-state index contributed by atoms with van der Waals surface area (Å²) in [7, 11) is 0.0887. The van der Waals surface area contributed by atoms with Crippen LogP contribution in [0.4, 0.5) is 30.0 Å². The Hall–Kier alpha value is -5.15. The van der Waals surface area contributed by atoms with Crippen molar-refractivity contribution in [1.29, 1.82) is 0 Å². The van der Waals surface area contributed by atoms with Gasteiger partial charge in [0.2, 0.25) is 6.29 Å². The zero-order valence-corrected chi connectivity index (χ0v) is 47.4. The Balaban J connectivity index is 0.000000278. The van der Waals surface area contributed by atoms with Crippen LogP contribution in [0, 0.1) is 11.6 Å². The maximum absolute atomic E-state index is 14.2. The molecule has 0 aliphatic carbocycles. The number of aldehydes is 1. The molecular formula is C48H68Cl2F2N10O11S2. The van der Waals surface area contributed by atoms with Gasteiger partial charge >= 0.3 is 32.6 Å². The highest BCUT2D eigenvalue weighted by atomic mass is 35.5. The molecule has 2 fully saturated rings. The van der Waals surface area contributed by atoms with Gasteiger partial charge in [-0.2, -0.15) is 35.6 Å². The third kappa shape index (κ3) is 15.5. The van der Waals surface area contributed by atoms with Gasteiger partial charge in [0.25, 0.3) is 0 Å². The fourth-order valence-corrected chi connectivity index (χ4v) is 10.6. The maximum Gasteiger partial charge on any atom is 0.407 e. The summed E-state index contributed by atoms with van der Waals surface area (Å²) < 4.78 is 107. The fourth-order valence-electron chi connectivity index (χ4n) is 8.33. The van der Waals surface area contributed by atoms with Crippen LogP contribution in [0.5, 0.6) is 0 Å². The van der Waals surface area contributed by atoms with E-state index in [0.29, 0.717) is 72.3 Å². The molecule has 4 heterocycles. The van der Waals surface area contributed by atoms with Gasteiger partial charge in [0.15, 0.2) is 6.29 Å².